The Labute approximate surface area is 119 Å². The van der Waals surface area contributed by atoms with Crippen molar-refractivity contribution in [3.05, 3.63) is 45.8 Å². The van der Waals surface area contributed by atoms with E-state index in [1.165, 1.54) is 12.1 Å². The summed E-state index contributed by atoms with van der Waals surface area (Å²) in [7, 11) is 0. The van der Waals surface area contributed by atoms with Crippen LogP contribution in [0.15, 0.2) is 24.3 Å². The van der Waals surface area contributed by atoms with Crippen molar-refractivity contribution in [2.75, 3.05) is 5.32 Å². The molecule has 1 aromatic heterocycles. The molecule has 1 amide bonds. The first-order valence-electron chi connectivity index (χ1n) is 5.27. The van der Waals surface area contributed by atoms with Crippen molar-refractivity contribution in [1.29, 1.82) is 0 Å². The molecule has 0 saturated heterocycles. The Kier molecular flexibility index (Phi) is 3.87. The van der Waals surface area contributed by atoms with Crippen molar-refractivity contribution in [3.63, 3.8) is 0 Å². The van der Waals surface area contributed by atoms with Gasteiger partial charge in [0.1, 0.15) is 16.7 Å². The number of amides is 1. The normalized spacial score (nSPS) is 10.3. The van der Waals surface area contributed by atoms with E-state index in [1.807, 2.05) is 0 Å². The minimum absolute atomic E-state index is 0.0729. The zero-order valence-corrected chi connectivity index (χ0v) is 11.3. The number of anilines is 1. The number of para-hydroxylation sites is 1. The van der Waals surface area contributed by atoms with Gasteiger partial charge < -0.3 is 10.4 Å². The lowest BCUT2D eigenvalue weighted by molar-refractivity contribution is 0.102. The van der Waals surface area contributed by atoms with Crippen LogP contribution in [0.25, 0.3) is 0 Å². The van der Waals surface area contributed by atoms with E-state index in [0.29, 0.717) is 5.56 Å². The van der Waals surface area contributed by atoms with Crippen LogP contribution in [0.5, 0.6) is 5.75 Å². The number of carbonyl (C=O) groups excluding carboxylic acids is 1. The lowest BCUT2D eigenvalue weighted by Crippen LogP contribution is -2.13. The highest BCUT2D eigenvalue weighted by Crippen LogP contribution is 2.23. The van der Waals surface area contributed by atoms with Crippen molar-refractivity contribution in [2.45, 2.75) is 6.92 Å². The maximum atomic E-state index is 12.0. The molecule has 98 valence electrons. The molecule has 1 aromatic carbocycles. The van der Waals surface area contributed by atoms with Gasteiger partial charge in [-0.15, -0.1) is 0 Å². The van der Waals surface area contributed by atoms with Gasteiger partial charge in [0.2, 0.25) is 5.28 Å². The van der Waals surface area contributed by atoms with Crippen molar-refractivity contribution >= 4 is 34.9 Å². The summed E-state index contributed by atoms with van der Waals surface area (Å²) in [4.78, 5) is 19.5. The Morgan fingerprint density at radius 1 is 1.32 bits per heavy atom. The monoisotopic (exact) mass is 297 g/mol. The molecule has 7 heteroatoms. The molecule has 2 aromatic rings. The van der Waals surface area contributed by atoms with Crippen LogP contribution in [-0.2, 0) is 0 Å². The third-order valence-corrected chi connectivity index (χ3v) is 2.75. The first-order chi connectivity index (χ1) is 8.97. The van der Waals surface area contributed by atoms with Crippen LogP contribution in [0, 0.1) is 6.92 Å². The molecule has 0 bridgehead atoms. The zero-order valence-electron chi connectivity index (χ0n) is 9.82. The van der Waals surface area contributed by atoms with Crippen molar-refractivity contribution < 1.29 is 9.90 Å². The maximum absolute atomic E-state index is 12.0. The number of carbonyl (C=O) groups is 1. The van der Waals surface area contributed by atoms with E-state index in [-0.39, 0.29) is 27.6 Å². The van der Waals surface area contributed by atoms with E-state index in [1.54, 1.807) is 19.1 Å². The van der Waals surface area contributed by atoms with Crippen molar-refractivity contribution in [1.82, 2.24) is 9.97 Å². The largest absolute Gasteiger partial charge is 0.507 e. The molecule has 5 nitrogen and oxygen atoms in total. The molecule has 0 aliphatic rings. The Bertz CT molecular complexity index is 627. The van der Waals surface area contributed by atoms with E-state index in [2.05, 4.69) is 15.3 Å². The van der Waals surface area contributed by atoms with Gasteiger partial charge in [-0.1, -0.05) is 23.7 Å². The SMILES string of the molecule is Cc1cccc(C(=O)Nc2cc(Cl)nc(Cl)n2)c1O. The number of benzene rings is 1. The Morgan fingerprint density at radius 2 is 2.05 bits per heavy atom. The summed E-state index contributed by atoms with van der Waals surface area (Å²) in [5, 5.41) is 12.3. The number of halogens is 2. The number of aromatic nitrogens is 2. The lowest BCUT2D eigenvalue weighted by atomic mass is 10.1. The third-order valence-electron chi connectivity index (χ3n) is 2.39. The standard InChI is InChI=1S/C12H9Cl2N3O2/c1-6-3-2-4-7(10(6)18)11(19)16-9-5-8(13)15-12(14)17-9/h2-5,18H,1H3,(H,15,16,17,19). The van der Waals surface area contributed by atoms with E-state index in [9.17, 15) is 9.90 Å². The Hall–Kier alpha value is -1.85. The minimum Gasteiger partial charge on any atom is -0.507 e. The second-order valence-electron chi connectivity index (χ2n) is 3.77. The fourth-order valence-corrected chi connectivity index (χ4v) is 1.89. The number of aryl methyl sites for hydroxylation is 1. The van der Waals surface area contributed by atoms with Crippen LogP contribution in [0.2, 0.25) is 10.4 Å². The summed E-state index contributed by atoms with van der Waals surface area (Å²) >= 11 is 11.3. The molecule has 0 radical (unpaired) electrons. The number of rotatable bonds is 2. The molecule has 19 heavy (non-hydrogen) atoms. The number of phenolic OH excluding ortho intramolecular Hbond substituents is 1. The van der Waals surface area contributed by atoms with E-state index in [0.717, 1.165) is 0 Å². The van der Waals surface area contributed by atoms with Crippen LogP contribution < -0.4 is 5.32 Å². The van der Waals surface area contributed by atoms with Gasteiger partial charge in [-0.2, -0.15) is 0 Å². The molecule has 0 aliphatic heterocycles. The first-order valence-corrected chi connectivity index (χ1v) is 6.03. The van der Waals surface area contributed by atoms with E-state index < -0.39 is 5.91 Å². The van der Waals surface area contributed by atoms with E-state index >= 15 is 0 Å². The van der Waals surface area contributed by atoms with Gasteiger partial charge in [-0.3, -0.25) is 4.79 Å². The summed E-state index contributed by atoms with van der Waals surface area (Å²) < 4.78 is 0. The number of nitrogens with one attached hydrogen (secondary N) is 1. The molecule has 1 heterocycles. The summed E-state index contributed by atoms with van der Waals surface area (Å²) in [5.41, 5.74) is 0.747. The highest BCUT2D eigenvalue weighted by molar-refractivity contribution is 6.32. The van der Waals surface area contributed by atoms with Crippen molar-refractivity contribution in [2.24, 2.45) is 0 Å². The minimum atomic E-state index is -0.507. The number of phenols is 1. The number of hydrogen-bond donors (Lipinski definition) is 2. The molecule has 2 N–H and O–H groups in total. The molecule has 0 unspecified atom stereocenters. The van der Waals surface area contributed by atoms with Crippen LogP contribution in [0.4, 0.5) is 5.82 Å². The Morgan fingerprint density at radius 3 is 2.74 bits per heavy atom. The predicted molar refractivity (Wildman–Crippen MR) is 72.8 cm³/mol. The van der Waals surface area contributed by atoms with Crippen molar-refractivity contribution in [3.8, 4) is 5.75 Å². The quantitative estimate of drug-likeness (QED) is 0.660. The van der Waals surface area contributed by atoms with Gasteiger partial charge in [0.05, 0.1) is 5.56 Å². The Balaban J connectivity index is 2.28. The van der Waals surface area contributed by atoms with Gasteiger partial charge in [0.15, 0.2) is 0 Å². The summed E-state index contributed by atoms with van der Waals surface area (Å²) in [6.45, 7) is 1.70. The average Bonchev–Trinajstić information content (AvgIpc) is 2.31. The third kappa shape index (κ3) is 3.13. The molecule has 2 rings (SSSR count). The van der Waals surface area contributed by atoms with Crippen LogP contribution in [0.3, 0.4) is 0 Å². The van der Waals surface area contributed by atoms with Gasteiger partial charge in [-0.05, 0) is 30.2 Å². The predicted octanol–water partition coefficient (Wildman–Crippen LogP) is 3.05. The fourth-order valence-electron chi connectivity index (χ4n) is 1.48. The smallest absolute Gasteiger partial charge is 0.260 e. The van der Waals surface area contributed by atoms with Gasteiger partial charge in [-0.25, -0.2) is 9.97 Å². The second-order valence-corrected chi connectivity index (χ2v) is 4.50. The molecule has 0 aliphatic carbocycles. The maximum Gasteiger partial charge on any atom is 0.260 e. The highest BCUT2D eigenvalue weighted by Gasteiger charge is 2.13. The topological polar surface area (TPSA) is 75.1 Å². The average molecular weight is 298 g/mol. The fraction of sp³-hybridized carbons (Fsp3) is 0.0833. The van der Waals surface area contributed by atoms with Gasteiger partial charge in [0.25, 0.3) is 5.91 Å². The lowest BCUT2D eigenvalue weighted by Gasteiger charge is -2.08. The highest BCUT2D eigenvalue weighted by atomic mass is 35.5. The van der Waals surface area contributed by atoms with Crippen LogP contribution >= 0.6 is 23.2 Å². The summed E-state index contributed by atoms with van der Waals surface area (Å²) in [6.07, 6.45) is 0. The first kappa shape index (κ1) is 13.6. The molecule has 0 spiro atoms. The zero-order chi connectivity index (χ0) is 14.0. The summed E-state index contributed by atoms with van der Waals surface area (Å²) in [5.74, 6) is -0.422. The molecular formula is C12H9Cl2N3O2. The van der Waals surface area contributed by atoms with Crippen LogP contribution in [0.1, 0.15) is 15.9 Å². The van der Waals surface area contributed by atoms with Gasteiger partial charge >= 0.3 is 0 Å². The molecule has 0 fully saturated rings. The molecular weight excluding hydrogens is 289 g/mol. The summed E-state index contributed by atoms with van der Waals surface area (Å²) in [6, 6.07) is 6.23. The van der Waals surface area contributed by atoms with Crippen LogP contribution in [-0.4, -0.2) is 21.0 Å². The molecule has 0 saturated carbocycles. The number of hydrogen-bond acceptors (Lipinski definition) is 4. The molecule has 0 atom stereocenters. The number of nitrogens with zero attached hydrogens (tertiary/aromatic N) is 2. The van der Waals surface area contributed by atoms with Gasteiger partial charge in [0, 0.05) is 6.07 Å². The van der Waals surface area contributed by atoms with E-state index in [4.69, 9.17) is 23.2 Å². The second kappa shape index (κ2) is 5.42. The number of aromatic hydroxyl groups is 1.